The molecule has 2 aromatic heterocycles. The summed E-state index contributed by atoms with van der Waals surface area (Å²) in [7, 11) is 1.65. The van der Waals surface area contributed by atoms with E-state index in [2.05, 4.69) is 25.8 Å². The van der Waals surface area contributed by atoms with Gasteiger partial charge in [0.25, 0.3) is 0 Å². The Labute approximate surface area is 189 Å². The van der Waals surface area contributed by atoms with Crippen molar-refractivity contribution >= 4 is 35.6 Å². The number of nitrogens with one attached hydrogen (secondary N) is 2. The number of guanidine groups is 1. The zero-order valence-corrected chi connectivity index (χ0v) is 18.6. The van der Waals surface area contributed by atoms with Crippen molar-refractivity contribution < 1.29 is 13.2 Å². The maximum absolute atomic E-state index is 13.0. The molecule has 30 heavy (non-hydrogen) atoms. The Morgan fingerprint density at radius 3 is 2.63 bits per heavy atom. The van der Waals surface area contributed by atoms with Gasteiger partial charge in [0.15, 0.2) is 17.4 Å². The average molecular weight is 530 g/mol. The predicted molar refractivity (Wildman–Crippen MR) is 119 cm³/mol. The number of pyridine rings is 1. The van der Waals surface area contributed by atoms with Crippen LogP contribution in [0.5, 0.6) is 0 Å². The molecule has 0 spiro atoms. The van der Waals surface area contributed by atoms with Crippen LogP contribution in [-0.2, 0) is 18.1 Å². The number of benzene rings is 1. The van der Waals surface area contributed by atoms with E-state index in [4.69, 9.17) is 0 Å². The quantitative estimate of drug-likeness (QED) is 0.300. The number of hydrogen-bond donors (Lipinski definition) is 2. The molecule has 6 nitrogen and oxygen atoms in total. The Bertz CT molecular complexity index is 1040. The number of nitrogens with zero attached hydrogens (tertiary/aromatic N) is 4. The molecule has 0 amide bonds. The SMILES string of the molecule is CN=C(NCc1nnc2ccccn12)NCC1(c2cccc(C(F)(F)F)c2)CC1.I. The minimum absolute atomic E-state index is 0. The van der Waals surface area contributed by atoms with Crippen LogP contribution in [0.15, 0.2) is 53.7 Å². The highest BCUT2D eigenvalue weighted by molar-refractivity contribution is 14.0. The number of halogens is 4. The van der Waals surface area contributed by atoms with Gasteiger partial charge in [-0.05, 0) is 36.6 Å². The molecule has 1 aliphatic rings. The molecule has 160 valence electrons. The molecule has 1 saturated carbocycles. The van der Waals surface area contributed by atoms with E-state index in [0.29, 0.717) is 24.6 Å². The van der Waals surface area contributed by atoms with E-state index >= 15 is 0 Å². The molecule has 2 N–H and O–H groups in total. The molecule has 4 rings (SSSR count). The van der Waals surface area contributed by atoms with Gasteiger partial charge in [-0.1, -0.05) is 24.3 Å². The van der Waals surface area contributed by atoms with E-state index in [9.17, 15) is 13.2 Å². The third-order valence-corrected chi connectivity index (χ3v) is 5.27. The summed E-state index contributed by atoms with van der Waals surface area (Å²) in [6.07, 6.45) is -0.770. The number of hydrogen-bond acceptors (Lipinski definition) is 3. The number of alkyl halides is 3. The third-order valence-electron chi connectivity index (χ3n) is 5.27. The van der Waals surface area contributed by atoms with Gasteiger partial charge >= 0.3 is 6.18 Å². The Morgan fingerprint density at radius 1 is 1.13 bits per heavy atom. The zero-order chi connectivity index (χ0) is 20.5. The summed E-state index contributed by atoms with van der Waals surface area (Å²) < 4.78 is 41.0. The van der Waals surface area contributed by atoms with Gasteiger partial charge in [0.05, 0.1) is 12.1 Å². The van der Waals surface area contributed by atoms with Gasteiger partial charge in [-0.15, -0.1) is 34.2 Å². The minimum atomic E-state index is -4.34. The molecular formula is C20H22F3IN6. The second kappa shape index (κ2) is 8.78. The number of aliphatic imine (C=N–C) groups is 1. The van der Waals surface area contributed by atoms with Crippen LogP contribution in [0.25, 0.3) is 5.65 Å². The van der Waals surface area contributed by atoms with Crippen LogP contribution in [-0.4, -0.2) is 34.2 Å². The molecule has 0 bridgehead atoms. The summed E-state index contributed by atoms with van der Waals surface area (Å²) in [6.45, 7) is 0.927. The number of rotatable bonds is 5. The molecule has 1 aromatic carbocycles. The maximum Gasteiger partial charge on any atom is 0.416 e. The van der Waals surface area contributed by atoms with Gasteiger partial charge in [-0.2, -0.15) is 13.2 Å². The van der Waals surface area contributed by atoms with Crippen molar-refractivity contribution in [3.63, 3.8) is 0 Å². The highest BCUT2D eigenvalue weighted by Crippen LogP contribution is 2.48. The van der Waals surface area contributed by atoms with Gasteiger partial charge in [-0.25, -0.2) is 0 Å². The van der Waals surface area contributed by atoms with Crippen molar-refractivity contribution in [1.82, 2.24) is 25.2 Å². The van der Waals surface area contributed by atoms with Crippen LogP contribution < -0.4 is 10.6 Å². The smallest absolute Gasteiger partial charge is 0.356 e. The van der Waals surface area contributed by atoms with Crippen LogP contribution in [0.2, 0.25) is 0 Å². The highest BCUT2D eigenvalue weighted by Gasteiger charge is 2.45. The van der Waals surface area contributed by atoms with Crippen LogP contribution in [0, 0.1) is 0 Å². The molecule has 0 saturated heterocycles. The average Bonchev–Trinajstić information content (AvgIpc) is 3.41. The first-order valence-corrected chi connectivity index (χ1v) is 9.32. The van der Waals surface area contributed by atoms with Crippen molar-refractivity contribution in [2.75, 3.05) is 13.6 Å². The first-order valence-electron chi connectivity index (χ1n) is 9.32. The molecule has 1 aliphatic carbocycles. The van der Waals surface area contributed by atoms with E-state index in [1.807, 2.05) is 28.8 Å². The molecule has 0 atom stereocenters. The molecule has 1 fully saturated rings. The maximum atomic E-state index is 13.0. The zero-order valence-electron chi connectivity index (χ0n) is 16.3. The molecule has 3 aromatic rings. The third kappa shape index (κ3) is 4.68. The van der Waals surface area contributed by atoms with Crippen molar-refractivity contribution in [3.05, 3.63) is 65.6 Å². The topological polar surface area (TPSA) is 66.6 Å². The largest absolute Gasteiger partial charge is 0.416 e. The summed E-state index contributed by atoms with van der Waals surface area (Å²) in [4.78, 5) is 4.21. The molecule has 0 aliphatic heterocycles. The summed E-state index contributed by atoms with van der Waals surface area (Å²) in [6, 6.07) is 11.3. The minimum Gasteiger partial charge on any atom is -0.356 e. The standard InChI is InChI=1S/C20H21F3N6.HI/c1-24-18(25-12-17-28-27-16-7-2-3-10-29(16)17)26-13-19(8-9-19)14-5-4-6-15(11-14)20(21,22)23;/h2-7,10-11H,8-9,12-13H2,1H3,(H2,24,25,26);1H. The Morgan fingerprint density at radius 2 is 1.93 bits per heavy atom. The first-order chi connectivity index (χ1) is 13.9. The van der Waals surface area contributed by atoms with E-state index in [-0.39, 0.29) is 29.4 Å². The molecule has 10 heteroatoms. The fourth-order valence-corrected chi connectivity index (χ4v) is 3.39. The Kier molecular flexibility index (Phi) is 6.53. The summed E-state index contributed by atoms with van der Waals surface area (Å²) in [5.74, 6) is 1.30. The lowest BCUT2D eigenvalue weighted by atomic mass is 9.94. The van der Waals surface area contributed by atoms with Gasteiger partial charge in [0, 0.05) is 25.2 Å². The fourth-order valence-electron chi connectivity index (χ4n) is 3.39. The van der Waals surface area contributed by atoms with Crippen LogP contribution >= 0.6 is 24.0 Å². The Balaban J connectivity index is 0.00000256. The van der Waals surface area contributed by atoms with Crippen molar-refractivity contribution in [1.29, 1.82) is 0 Å². The molecule has 0 unspecified atom stereocenters. The summed E-state index contributed by atoms with van der Waals surface area (Å²) in [5.41, 5.74) is 0.565. The van der Waals surface area contributed by atoms with Gasteiger partial charge in [-0.3, -0.25) is 9.39 Å². The molecule has 2 heterocycles. The van der Waals surface area contributed by atoms with Crippen molar-refractivity contribution in [2.45, 2.75) is 31.0 Å². The highest BCUT2D eigenvalue weighted by atomic mass is 127. The first kappa shape index (κ1) is 22.3. The van der Waals surface area contributed by atoms with Gasteiger partial charge in [0.2, 0.25) is 0 Å². The lowest BCUT2D eigenvalue weighted by molar-refractivity contribution is -0.137. The van der Waals surface area contributed by atoms with E-state index in [1.165, 1.54) is 12.1 Å². The lowest BCUT2D eigenvalue weighted by Gasteiger charge is -2.20. The number of fused-ring (bicyclic) bond motifs is 1. The van der Waals surface area contributed by atoms with E-state index < -0.39 is 11.7 Å². The molecular weight excluding hydrogens is 508 g/mol. The predicted octanol–water partition coefficient (Wildman–Crippen LogP) is 3.76. The van der Waals surface area contributed by atoms with Crippen molar-refractivity contribution in [2.24, 2.45) is 4.99 Å². The monoisotopic (exact) mass is 530 g/mol. The second-order valence-corrected chi connectivity index (χ2v) is 7.18. The normalized spacial score (nSPS) is 15.5. The lowest BCUT2D eigenvalue weighted by Crippen LogP contribution is -2.41. The van der Waals surface area contributed by atoms with Gasteiger partial charge in [0.1, 0.15) is 0 Å². The Hall–Kier alpha value is -2.37. The summed E-state index contributed by atoms with van der Waals surface area (Å²) in [5, 5.41) is 14.7. The molecule has 0 radical (unpaired) electrons. The number of aromatic nitrogens is 3. The van der Waals surface area contributed by atoms with E-state index in [1.54, 1.807) is 13.1 Å². The van der Waals surface area contributed by atoms with Crippen LogP contribution in [0.3, 0.4) is 0 Å². The van der Waals surface area contributed by atoms with E-state index in [0.717, 1.165) is 30.4 Å². The summed E-state index contributed by atoms with van der Waals surface area (Å²) >= 11 is 0. The van der Waals surface area contributed by atoms with Crippen LogP contribution in [0.4, 0.5) is 13.2 Å². The van der Waals surface area contributed by atoms with Crippen molar-refractivity contribution in [3.8, 4) is 0 Å². The van der Waals surface area contributed by atoms with Crippen LogP contribution in [0.1, 0.15) is 29.8 Å². The second-order valence-electron chi connectivity index (χ2n) is 7.18. The van der Waals surface area contributed by atoms with Gasteiger partial charge < -0.3 is 10.6 Å². The fraction of sp³-hybridized carbons (Fsp3) is 0.350.